The molecule has 1 aliphatic rings. The zero-order valence-electron chi connectivity index (χ0n) is 10.9. The van der Waals surface area contributed by atoms with Crippen LogP contribution in [0.15, 0.2) is 29.2 Å². The second-order valence-electron chi connectivity index (χ2n) is 5.42. The highest BCUT2D eigenvalue weighted by Crippen LogP contribution is 2.32. The van der Waals surface area contributed by atoms with E-state index < -0.39 is 10.0 Å². The minimum Gasteiger partial charge on any atom is -0.399 e. The molecule has 2 N–H and O–H groups in total. The SMILES string of the molecule is CC1(C)CCCCN1S(=O)(=O)c1ccc(N)cc1. The standard InChI is InChI=1S/C13H20N2O2S/c1-13(2)9-3-4-10-15(13)18(16,17)12-7-5-11(14)6-8-12/h5-8H,3-4,9-10,14H2,1-2H3. The molecule has 1 fully saturated rings. The van der Waals surface area contributed by atoms with Gasteiger partial charge >= 0.3 is 0 Å². The van der Waals surface area contributed by atoms with Gasteiger partial charge in [-0.1, -0.05) is 6.42 Å². The molecule has 1 aliphatic heterocycles. The molecule has 1 aromatic carbocycles. The van der Waals surface area contributed by atoms with Gasteiger partial charge in [-0.25, -0.2) is 8.42 Å². The van der Waals surface area contributed by atoms with Crippen LogP contribution in [-0.2, 0) is 10.0 Å². The summed E-state index contributed by atoms with van der Waals surface area (Å²) in [6, 6.07) is 6.42. The largest absolute Gasteiger partial charge is 0.399 e. The third-order valence-corrected chi connectivity index (χ3v) is 5.67. The Morgan fingerprint density at radius 3 is 2.33 bits per heavy atom. The van der Waals surface area contributed by atoms with Crippen LogP contribution in [0.2, 0.25) is 0 Å². The maximum Gasteiger partial charge on any atom is 0.243 e. The van der Waals surface area contributed by atoms with E-state index in [9.17, 15) is 8.42 Å². The van der Waals surface area contributed by atoms with E-state index >= 15 is 0 Å². The van der Waals surface area contributed by atoms with Crippen molar-refractivity contribution >= 4 is 15.7 Å². The second-order valence-corrected chi connectivity index (χ2v) is 7.28. The number of sulfonamides is 1. The molecule has 1 heterocycles. The van der Waals surface area contributed by atoms with Crippen molar-refractivity contribution in [2.75, 3.05) is 12.3 Å². The van der Waals surface area contributed by atoms with Crippen molar-refractivity contribution in [3.63, 3.8) is 0 Å². The van der Waals surface area contributed by atoms with E-state index in [0.29, 0.717) is 17.1 Å². The van der Waals surface area contributed by atoms with Crippen LogP contribution < -0.4 is 5.73 Å². The third-order valence-electron chi connectivity index (χ3n) is 3.54. The number of hydrogen-bond acceptors (Lipinski definition) is 3. The summed E-state index contributed by atoms with van der Waals surface area (Å²) in [5, 5.41) is 0. The van der Waals surface area contributed by atoms with E-state index in [1.54, 1.807) is 28.6 Å². The maximum absolute atomic E-state index is 12.6. The van der Waals surface area contributed by atoms with Gasteiger partial charge in [0.25, 0.3) is 0 Å². The first-order valence-corrected chi connectivity index (χ1v) is 7.66. The molecule has 1 saturated heterocycles. The lowest BCUT2D eigenvalue weighted by atomic mass is 9.93. The quantitative estimate of drug-likeness (QED) is 0.836. The van der Waals surface area contributed by atoms with Gasteiger partial charge in [-0.15, -0.1) is 0 Å². The van der Waals surface area contributed by atoms with E-state index in [0.717, 1.165) is 19.3 Å². The lowest BCUT2D eigenvalue weighted by molar-refractivity contribution is 0.170. The highest BCUT2D eigenvalue weighted by atomic mass is 32.2. The molecule has 0 aromatic heterocycles. The summed E-state index contributed by atoms with van der Waals surface area (Å²) in [6.07, 6.45) is 2.92. The van der Waals surface area contributed by atoms with E-state index in [-0.39, 0.29) is 5.54 Å². The van der Waals surface area contributed by atoms with Crippen LogP contribution in [0.3, 0.4) is 0 Å². The normalized spacial score (nSPS) is 20.8. The van der Waals surface area contributed by atoms with Crippen LogP contribution in [0, 0.1) is 0 Å². The van der Waals surface area contributed by atoms with Crippen molar-refractivity contribution in [1.29, 1.82) is 0 Å². The minimum absolute atomic E-state index is 0.307. The number of anilines is 1. The molecule has 0 radical (unpaired) electrons. The molecule has 5 heteroatoms. The summed E-state index contributed by atoms with van der Waals surface area (Å²) in [4.78, 5) is 0.326. The second kappa shape index (κ2) is 4.55. The van der Waals surface area contributed by atoms with Gasteiger partial charge in [-0.2, -0.15) is 4.31 Å². The molecule has 0 saturated carbocycles. The summed E-state index contributed by atoms with van der Waals surface area (Å²) >= 11 is 0. The fraction of sp³-hybridized carbons (Fsp3) is 0.538. The number of nitrogens with zero attached hydrogens (tertiary/aromatic N) is 1. The first kappa shape index (κ1) is 13.4. The summed E-state index contributed by atoms with van der Waals surface area (Å²) in [6.45, 7) is 4.57. The van der Waals surface area contributed by atoms with Crippen LogP contribution >= 0.6 is 0 Å². The van der Waals surface area contributed by atoms with Gasteiger partial charge in [0.05, 0.1) is 4.90 Å². The molecule has 1 aromatic rings. The lowest BCUT2D eigenvalue weighted by Gasteiger charge is -2.41. The fourth-order valence-electron chi connectivity index (χ4n) is 2.45. The van der Waals surface area contributed by atoms with Gasteiger partial charge in [-0.3, -0.25) is 0 Å². The molecule has 0 bridgehead atoms. The third kappa shape index (κ3) is 2.37. The Hall–Kier alpha value is -1.07. The number of nitrogens with two attached hydrogens (primary N) is 1. The van der Waals surface area contributed by atoms with Crippen LogP contribution in [0.25, 0.3) is 0 Å². The highest BCUT2D eigenvalue weighted by Gasteiger charge is 2.38. The molecule has 4 nitrogen and oxygen atoms in total. The number of hydrogen-bond donors (Lipinski definition) is 1. The first-order valence-electron chi connectivity index (χ1n) is 6.22. The van der Waals surface area contributed by atoms with Crippen LogP contribution in [0.5, 0.6) is 0 Å². The summed E-state index contributed by atoms with van der Waals surface area (Å²) in [5.41, 5.74) is 5.86. The smallest absolute Gasteiger partial charge is 0.243 e. The predicted octanol–water partition coefficient (Wildman–Crippen LogP) is 2.22. The monoisotopic (exact) mass is 268 g/mol. The molecular weight excluding hydrogens is 248 g/mol. The van der Waals surface area contributed by atoms with E-state index in [4.69, 9.17) is 5.73 Å². The Bertz CT molecular complexity index is 520. The zero-order valence-corrected chi connectivity index (χ0v) is 11.7. The number of piperidine rings is 1. The average Bonchev–Trinajstić information content (AvgIpc) is 2.28. The Kier molecular flexibility index (Phi) is 3.38. The van der Waals surface area contributed by atoms with Gasteiger partial charge in [0.1, 0.15) is 0 Å². The van der Waals surface area contributed by atoms with Crippen molar-refractivity contribution in [2.24, 2.45) is 0 Å². The molecule has 2 rings (SSSR count). The summed E-state index contributed by atoms with van der Waals surface area (Å²) < 4.78 is 26.8. The van der Waals surface area contributed by atoms with Crippen LogP contribution in [0.1, 0.15) is 33.1 Å². The molecule has 0 unspecified atom stereocenters. The van der Waals surface area contributed by atoms with Gasteiger partial charge in [0.2, 0.25) is 10.0 Å². The van der Waals surface area contributed by atoms with Crippen LogP contribution in [0.4, 0.5) is 5.69 Å². The average molecular weight is 268 g/mol. The fourth-order valence-corrected chi connectivity index (χ4v) is 4.30. The topological polar surface area (TPSA) is 63.4 Å². The van der Waals surface area contributed by atoms with Crippen molar-refractivity contribution in [1.82, 2.24) is 4.31 Å². The molecule has 0 aliphatic carbocycles. The Labute approximate surface area is 109 Å². The minimum atomic E-state index is -3.41. The van der Waals surface area contributed by atoms with Gasteiger partial charge in [-0.05, 0) is 51.0 Å². The molecule has 0 amide bonds. The molecule has 0 atom stereocenters. The number of rotatable bonds is 2. The first-order chi connectivity index (χ1) is 8.34. The molecular formula is C13H20N2O2S. The molecule has 18 heavy (non-hydrogen) atoms. The number of benzene rings is 1. The molecule has 100 valence electrons. The zero-order chi connectivity index (χ0) is 13.4. The lowest BCUT2D eigenvalue weighted by Crippen LogP contribution is -2.50. The van der Waals surface area contributed by atoms with E-state index in [2.05, 4.69) is 0 Å². The molecule has 0 spiro atoms. The Balaban J connectivity index is 2.38. The van der Waals surface area contributed by atoms with E-state index in [1.165, 1.54) is 0 Å². The highest BCUT2D eigenvalue weighted by molar-refractivity contribution is 7.89. The van der Waals surface area contributed by atoms with Crippen molar-refractivity contribution in [3.05, 3.63) is 24.3 Å². The number of nitrogen functional groups attached to an aromatic ring is 1. The Morgan fingerprint density at radius 2 is 1.78 bits per heavy atom. The van der Waals surface area contributed by atoms with Crippen molar-refractivity contribution in [3.8, 4) is 0 Å². The Morgan fingerprint density at radius 1 is 1.17 bits per heavy atom. The van der Waals surface area contributed by atoms with Crippen LogP contribution in [-0.4, -0.2) is 24.8 Å². The summed E-state index contributed by atoms with van der Waals surface area (Å²) in [7, 11) is -3.41. The van der Waals surface area contributed by atoms with Gasteiger partial charge in [0, 0.05) is 17.8 Å². The predicted molar refractivity (Wildman–Crippen MR) is 72.7 cm³/mol. The maximum atomic E-state index is 12.6. The van der Waals surface area contributed by atoms with Gasteiger partial charge in [0.15, 0.2) is 0 Å². The van der Waals surface area contributed by atoms with E-state index in [1.807, 2.05) is 13.8 Å². The van der Waals surface area contributed by atoms with Gasteiger partial charge < -0.3 is 5.73 Å². The van der Waals surface area contributed by atoms with Crippen molar-refractivity contribution < 1.29 is 8.42 Å². The van der Waals surface area contributed by atoms with Crippen molar-refractivity contribution in [2.45, 2.75) is 43.5 Å². The summed E-state index contributed by atoms with van der Waals surface area (Å²) in [5.74, 6) is 0.